The van der Waals surface area contributed by atoms with Crippen LogP contribution in [-0.4, -0.2) is 52.3 Å². The molecular weight excluding hydrogens is 595 g/mol. The minimum Gasteiger partial charge on any atom is -0.462 e. The van der Waals surface area contributed by atoms with Crippen LogP contribution in [-0.2, 0) is 28.2 Å². The van der Waals surface area contributed by atoms with Crippen LogP contribution in [0.4, 0.5) is 0 Å². The quantitative estimate of drug-likeness (QED) is 0.0239. The molecule has 0 bridgehead atoms. The number of esters is 2. The highest BCUT2D eigenvalue weighted by Gasteiger charge is 2.22. The van der Waals surface area contributed by atoms with Gasteiger partial charge in [-0.1, -0.05) is 126 Å². The van der Waals surface area contributed by atoms with Crippen LogP contribution in [0.2, 0.25) is 0 Å². The Morgan fingerprint density at radius 3 is 2.02 bits per heavy atom. The molecule has 0 aliphatic heterocycles. The summed E-state index contributed by atoms with van der Waals surface area (Å²) in [6.45, 7) is 3.38. The van der Waals surface area contributed by atoms with Crippen LogP contribution in [0.25, 0.3) is 0 Å². The molecule has 0 saturated heterocycles. The Bertz CT molecular complexity index is 933. The molecule has 0 aromatic rings. The van der Waals surface area contributed by atoms with Gasteiger partial charge in [0.2, 0.25) is 0 Å². The van der Waals surface area contributed by atoms with E-state index in [9.17, 15) is 19.3 Å². The summed E-state index contributed by atoms with van der Waals surface area (Å²) in [4.78, 5) is 42.4. The minimum absolute atomic E-state index is 0.155. The fourth-order valence-corrected chi connectivity index (χ4v) is 4.50. The van der Waals surface area contributed by atoms with Crippen molar-refractivity contribution in [3.05, 3.63) is 60.8 Å². The third-order valence-electron chi connectivity index (χ3n) is 6.63. The zero-order chi connectivity index (χ0) is 33.4. The van der Waals surface area contributed by atoms with Gasteiger partial charge in [0.15, 0.2) is 6.10 Å². The second-order valence-corrected chi connectivity index (χ2v) is 12.2. The number of hydrogen-bond donors (Lipinski definition) is 3. The molecule has 0 aromatic carbocycles. The van der Waals surface area contributed by atoms with Gasteiger partial charge in [-0.15, -0.1) is 0 Å². The van der Waals surface area contributed by atoms with Gasteiger partial charge in [-0.25, -0.2) is 4.57 Å². The van der Waals surface area contributed by atoms with Crippen molar-refractivity contribution in [2.45, 2.75) is 135 Å². The smallest absolute Gasteiger partial charge is 0.462 e. The number of phosphoric ester groups is 1. The van der Waals surface area contributed by atoms with Crippen molar-refractivity contribution >= 4 is 19.8 Å². The molecule has 0 radical (unpaired) electrons. The molecule has 45 heavy (non-hydrogen) atoms. The lowest BCUT2D eigenvalue weighted by Crippen LogP contribution is -2.29. The molecule has 0 rings (SSSR count). The van der Waals surface area contributed by atoms with E-state index in [1.54, 1.807) is 6.08 Å². The topological polar surface area (TPSA) is 140 Å². The minimum atomic E-state index is -4.77. The van der Waals surface area contributed by atoms with E-state index in [-0.39, 0.29) is 19.4 Å². The van der Waals surface area contributed by atoms with E-state index < -0.39 is 38.6 Å². The molecule has 0 heterocycles. The third kappa shape index (κ3) is 32.9. The first-order chi connectivity index (χ1) is 21.7. The largest absolute Gasteiger partial charge is 0.469 e. The van der Waals surface area contributed by atoms with Gasteiger partial charge < -0.3 is 24.4 Å². The van der Waals surface area contributed by atoms with E-state index in [2.05, 4.69) is 30.5 Å². The number of phosphoric acid groups is 1. The van der Waals surface area contributed by atoms with Gasteiger partial charge in [0.25, 0.3) is 0 Å². The van der Waals surface area contributed by atoms with E-state index in [0.29, 0.717) is 25.7 Å². The Hall–Kier alpha value is -2.29. The number of allylic oxidation sites excluding steroid dienone is 8. The van der Waals surface area contributed by atoms with Gasteiger partial charge in [0.05, 0.1) is 12.7 Å². The molecule has 1 unspecified atom stereocenters. The SMILES string of the molecule is CC/C=C\C/C=C\CC(O)/C=C/C=C\C/C=C\CCCC(=O)OC[C@H](COP(=O)(O)O)OC(=O)CCCCCCCCCCC. The molecule has 0 amide bonds. The van der Waals surface area contributed by atoms with E-state index >= 15 is 0 Å². The summed E-state index contributed by atoms with van der Waals surface area (Å²) in [7, 11) is -4.77. The van der Waals surface area contributed by atoms with Crippen molar-refractivity contribution in [2.75, 3.05) is 13.2 Å². The normalized spacial score (nSPS) is 14.0. The van der Waals surface area contributed by atoms with Crippen molar-refractivity contribution in [2.24, 2.45) is 0 Å². The number of aliphatic hydroxyl groups is 1. The molecular formula is C35H59O9P. The second-order valence-electron chi connectivity index (χ2n) is 11.0. The maximum Gasteiger partial charge on any atom is 0.469 e. The highest BCUT2D eigenvalue weighted by atomic mass is 31.2. The molecule has 258 valence electrons. The van der Waals surface area contributed by atoms with Crippen molar-refractivity contribution in [3.8, 4) is 0 Å². The molecule has 0 aliphatic carbocycles. The predicted molar refractivity (Wildman–Crippen MR) is 180 cm³/mol. The first kappa shape index (κ1) is 42.7. The Kier molecular flexibility index (Phi) is 28.8. The number of carbonyl (C=O) groups is 2. The standard InChI is InChI=1S/C35H59O9P/c1-3-5-7-9-11-12-17-21-25-29-35(38)44-33(31-43-45(39,40)41)30-42-34(37)28-24-20-16-14-13-15-19-23-27-32(36)26-22-18-10-8-6-4-2/h6,8,14-16,18-19,22-23,27,32-33,36H,3-5,7,9-13,17,20-21,24-26,28-31H2,1-2H3,(H2,39,40,41)/b8-6-,16-14-,19-15-,22-18-,27-23+/t32?,33-/m1/s1. The number of carbonyl (C=O) groups excluding carboxylic acids is 2. The Balaban J connectivity index is 4.20. The Morgan fingerprint density at radius 1 is 0.711 bits per heavy atom. The number of rotatable bonds is 29. The lowest BCUT2D eigenvalue weighted by molar-refractivity contribution is -0.161. The van der Waals surface area contributed by atoms with E-state index in [4.69, 9.17) is 19.3 Å². The number of unbranched alkanes of at least 4 members (excludes halogenated alkanes) is 9. The van der Waals surface area contributed by atoms with Crippen LogP contribution in [0.3, 0.4) is 0 Å². The predicted octanol–water partition coefficient (Wildman–Crippen LogP) is 8.36. The van der Waals surface area contributed by atoms with Crippen LogP contribution in [0.1, 0.15) is 123 Å². The second kappa shape index (κ2) is 30.4. The van der Waals surface area contributed by atoms with Crippen molar-refractivity contribution in [3.63, 3.8) is 0 Å². The highest BCUT2D eigenvalue weighted by molar-refractivity contribution is 7.46. The summed E-state index contributed by atoms with van der Waals surface area (Å²) in [6.07, 6.45) is 32.8. The lowest BCUT2D eigenvalue weighted by Gasteiger charge is -2.18. The molecule has 0 aliphatic rings. The van der Waals surface area contributed by atoms with Crippen LogP contribution in [0.5, 0.6) is 0 Å². The average Bonchev–Trinajstić information content (AvgIpc) is 2.99. The fraction of sp³-hybridized carbons (Fsp3) is 0.657. The zero-order valence-corrected chi connectivity index (χ0v) is 28.5. The number of ether oxygens (including phenoxy) is 2. The van der Waals surface area contributed by atoms with Crippen LogP contribution >= 0.6 is 7.82 Å². The van der Waals surface area contributed by atoms with Gasteiger partial charge >= 0.3 is 19.8 Å². The van der Waals surface area contributed by atoms with Gasteiger partial charge in [0, 0.05) is 12.8 Å². The van der Waals surface area contributed by atoms with Gasteiger partial charge in [-0.05, 0) is 44.9 Å². The molecule has 10 heteroatoms. The van der Waals surface area contributed by atoms with Crippen LogP contribution < -0.4 is 0 Å². The fourth-order valence-electron chi connectivity index (χ4n) is 4.14. The molecule has 9 nitrogen and oxygen atoms in total. The van der Waals surface area contributed by atoms with E-state index in [1.807, 2.05) is 42.5 Å². The van der Waals surface area contributed by atoms with Gasteiger partial charge in [0.1, 0.15) is 6.61 Å². The first-order valence-corrected chi connectivity index (χ1v) is 18.2. The maximum absolute atomic E-state index is 12.2. The molecule has 0 fully saturated rings. The van der Waals surface area contributed by atoms with Crippen molar-refractivity contribution in [1.29, 1.82) is 0 Å². The molecule has 0 spiro atoms. The molecule has 0 aromatic heterocycles. The van der Waals surface area contributed by atoms with Crippen molar-refractivity contribution in [1.82, 2.24) is 0 Å². The Morgan fingerprint density at radius 2 is 1.33 bits per heavy atom. The van der Waals surface area contributed by atoms with E-state index in [0.717, 1.165) is 38.5 Å². The Labute approximate surface area is 271 Å². The summed E-state index contributed by atoms with van der Waals surface area (Å²) < 4.78 is 26.1. The summed E-state index contributed by atoms with van der Waals surface area (Å²) in [5, 5.41) is 9.94. The van der Waals surface area contributed by atoms with E-state index in [1.165, 1.54) is 32.1 Å². The summed E-state index contributed by atoms with van der Waals surface area (Å²) in [5.74, 6) is -1.00. The third-order valence-corrected chi connectivity index (χ3v) is 7.12. The number of aliphatic hydroxyl groups excluding tert-OH is 1. The first-order valence-electron chi connectivity index (χ1n) is 16.7. The van der Waals surface area contributed by atoms with Gasteiger partial charge in [-0.3, -0.25) is 14.1 Å². The molecule has 3 N–H and O–H groups in total. The monoisotopic (exact) mass is 654 g/mol. The highest BCUT2D eigenvalue weighted by Crippen LogP contribution is 2.35. The lowest BCUT2D eigenvalue weighted by atomic mass is 10.1. The molecule has 0 saturated carbocycles. The van der Waals surface area contributed by atoms with Crippen LogP contribution in [0.15, 0.2) is 60.8 Å². The zero-order valence-electron chi connectivity index (χ0n) is 27.6. The summed E-state index contributed by atoms with van der Waals surface area (Å²) in [5.41, 5.74) is 0. The maximum atomic E-state index is 12.2. The van der Waals surface area contributed by atoms with Crippen molar-refractivity contribution < 1.29 is 43.0 Å². The van der Waals surface area contributed by atoms with Crippen LogP contribution in [0, 0.1) is 0 Å². The summed E-state index contributed by atoms with van der Waals surface area (Å²) >= 11 is 0. The average molecular weight is 655 g/mol. The summed E-state index contributed by atoms with van der Waals surface area (Å²) in [6, 6.07) is 0. The van der Waals surface area contributed by atoms with Gasteiger partial charge in [-0.2, -0.15) is 0 Å². The number of hydrogen-bond acceptors (Lipinski definition) is 7. The molecule has 2 atom stereocenters.